The monoisotopic (exact) mass is 457 g/mol. The summed E-state index contributed by atoms with van der Waals surface area (Å²) in [4.78, 5) is 25.7. The molecule has 8 nitrogen and oxygen atoms in total. The zero-order chi connectivity index (χ0) is 23.8. The van der Waals surface area contributed by atoms with Gasteiger partial charge in [-0.1, -0.05) is 12.1 Å². The Morgan fingerprint density at radius 2 is 1.76 bits per heavy atom. The number of hydrogen-bond donors (Lipinski definition) is 2. The molecule has 0 saturated carbocycles. The molecular formula is C22H18F3N5O3. The maximum atomic E-state index is 13.2. The molecule has 0 aliphatic rings. The lowest BCUT2D eigenvalue weighted by Gasteiger charge is -2.14. The van der Waals surface area contributed by atoms with Crippen LogP contribution >= 0.6 is 0 Å². The van der Waals surface area contributed by atoms with E-state index in [-0.39, 0.29) is 34.7 Å². The quantitative estimate of drug-likeness (QED) is 0.477. The van der Waals surface area contributed by atoms with Gasteiger partial charge in [-0.15, -0.1) is 18.3 Å². The number of nitrogens with one attached hydrogen (secondary N) is 1. The number of aromatic nitrogens is 3. The molecule has 0 unspecified atom stereocenters. The summed E-state index contributed by atoms with van der Waals surface area (Å²) in [6.07, 6.45) is -3.24. The summed E-state index contributed by atoms with van der Waals surface area (Å²) in [6.45, 7) is 0.198. The number of fused-ring (bicyclic) bond motifs is 1. The fourth-order valence-corrected chi connectivity index (χ4v) is 3.29. The van der Waals surface area contributed by atoms with E-state index in [0.29, 0.717) is 10.9 Å². The van der Waals surface area contributed by atoms with Crippen LogP contribution in [0, 0.1) is 0 Å². The SMILES string of the molecule is Cn1cccc(Nc2nn(-c3ccc(OC(F)(F)F)cc3)c(=O)c3cc(CN)ccc23)c1=O. The average Bonchev–Trinajstić information content (AvgIpc) is 2.78. The summed E-state index contributed by atoms with van der Waals surface area (Å²) >= 11 is 0. The van der Waals surface area contributed by atoms with Gasteiger partial charge in [0.25, 0.3) is 11.1 Å². The summed E-state index contributed by atoms with van der Waals surface area (Å²) in [5, 5.41) is 8.04. The molecule has 2 aromatic carbocycles. The van der Waals surface area contributed by atoms with Gasteiger partial charge >= 0.3 is 6.36 Å². The first-order valence-electron chi connectivity index (χ1n) is 9.71. The summed E-state index contributed by atoms with van der Waals surface area (Å²) in [6, 6.07) is 13.0. The number of halogens is 3. The summed E-state index contributed by atoms with van der Waals surface area (Å²) in [5.41, 5.74) is 6.04. The molecule has 4 rings (SSSR count). The van der Waals surface area contributed by atoms with Crippen LogP contribution in [0.2, 0.25) is 0 Å². The van der Waals surface area contributed by atoms with Crippen LogP contribution in [0.1, 0.15) is 5.56 Å². The summed E-state index contributed by atoms with van der Waals surface area (Å²) in [7, 11) is 1.60. The number of aryl methyl sites for hydroxylation is 1. The Kier molecular flexibility index (Phi) is 5.64. The first-order chi connectivity index (χ1) is 15.7. The van der Waals surface area contributed by atoms with Crippen LogP contribution in [0.4, 0.5) is 24.7 Å². The first kappa shape index (κ1) is 22.1. The standard InChI is InChI=1S/C22H18F3N5O3/c1-29-10-2-3-18(21(29)32)27-19-16-9-4-13(12-26)11-17(16)20(31)30(28-19)14-5-7-15(8-6-14)33-22(23,24)25/h2-11H,12,26H2,1H3,(H,27,28). The number of nitrogens with two attached hydrogens (primary N) is 1. The third-order valence-electron chi connectivity index (χ3n) is 4.89. The van der Waals surface area contributed by atoms with Crippen molar-refractivity contribution in [1.29, 1.82) is 0 Å². The third kappa shape index (κ3) is 4.58. The Bertz CT molecular complexity index is 1440. The fourth-order valence-electron chi connectivity index (χ4n) is 3.29. The zero-order valence-electron chi connectivity index (χ0n) is 17.3. The van der Waals surface area contributed by atoms with E-state index in [4.69, 9.17) is 5.73 Å². The van der Waals surface area contributed by atoms with Crippen LogP contribution in [-0.4, -0.2) is 20.7 Å². The van der Waals surface area contributed by atoms with Crippen molar-refractivity contribution in [2.24, 2.45) is 12.8 Å². The Labute approximate surface area is 184 Å². The predicted octanol–water partition coefficient (Wildman–Crippen LogP) is 3.19. The second-order valence-electron chi connectivity index (χ2n) is 7.15. The number of rotatable bonds is 5. The Morgan fingerprint density at radius 1 is 1.03 bits per heavy atom. The summed E-state index contributed by atoms with van der Waals surface area (Å²) in [5.74, 6) is -0.219. The molecule has 0 aliphatic heterocycles. The minimum absolute atomic E-state index is 0.198. The lowest BCUT2D eigenvalue weighted by molar-refractivity contribution is -0.274. The molecule has 0 fully saturated rings. The zero-order valence-corrected chi connectivity index (χ0v) is 17.3. The second kappa shape index (κ2) is 8.43. The third-order valence-corrected chi connectivity index (χ3v) is 4.89. The molecule has 0 atom stereocenters. The van der Waals surface area contributed by atoms with Crippen molar-refractivity contribution in [1.82, 2.24) is 14.3 Å². The second-order valence-corrected chi connectivity index (χ2v) is 7.15. The molecule has 2 aromatic heterocycles. The number of nitrogens with zero attached hydrogens (tertiary/aromatic N) is 3. The van der Waals surface area contributed by atoms with E-state index in [1.54, 1.807) is 43.6 Å². The fraction of sp³-hybridized carbons (Fsp3) is 0.136. The minimum atomic E-state index is -4.84. The molecule has 33 heavy (non-hydrogen) atoms. The van der Waals surface area contributed by atoms with Gasteiger partial charge in [0, 0.05) is 25.2 Å². The molecule has 0 saturated heterocycles. The van der Waals surface area contributed by atoms with Crippen molar-refractivity contribution in [3.05, 3.63) is 87.1 Å². The van der Waals surface area contributed by atoms with E-state index < -0.39 is 17.7 Å². The van der Waals surface area contributed by atoms with Crippen LogP contribution in [0.3, 0.4) is 0 Å². The Morgan fingerprint density at radius 3 is 2.42 bits per heavy atom. The van der Waals surface area contributed by atoms with E-state index in [9.17, 15) is 22.8 Å². The van der Waals surface area contributed by atoms with E-state index in [1.165, 1.54) is 16.7 Å². The number of hydrogen-bond acceptors (Lipinski definition) is 6. The molecule has 2 heterocycles. The lowest BCUT2D eigenvalue weighted by atomic mass is 10.1. The molecule has 0 bridgehead atoms. The highest BCUT2D eigenvalue weighted by molar-refractivity contribution is 5.93. The van der Waals surface area contributed by atoms with Gasteiger partial charge in [0.05, 0.1) is 11.1 Å². The average molecular weight is 457 g/mol. The van der Waals surface area contributed by atoms with Crippen molar-refractivity contribution in [2.45, 2.75) is 12.9 Å². The van der Waals surface area contributed by atoms with E-state index >= 15 is 0 Å². The van der Waals surface area contributed by atoms with Crippen molar-refractivity contribution in [3.8, 4) is 11.4 Å². The van der Waals surface area contributed by atoms with Gasteiger partial charge in [-0.3, -0.25) is 9.59 Å². The van der Waals surface area contributed by atoms with Gasteiger partial charge in [0.2, 0.25) is 0 Å². The number of anilines is 2. The molecule has 170 valence electrons. The molecule has 3 N–H and O–H groups in total. The maximum Gasteiger partial charge on any atom is 0.573 e. The van der Waals surface area contributed by atoms with Crippen LogP contribution in [0.15, 0.2) is 70.4 Å². The van der Waals surface area contributed by atoms with Gasteiger partial charge in [-0.05, 0) is 48.0 Å². The van der Waals surface area contributed by atoms with Crippen molar-refractivity contribution in [2.75, 3.05) is 5.32 Å². The highest BCUT2D eigenvalue weighted by Gasteiger charge is 2.31. The number of alkyl halides is 3. The highest BCUT2D eigenvalue weighted by Crippen LogP contribution is 2.25. The van der Waals surface area contributed by atoms with Crippen molar-refractivity contribution < 1.29 is 17.9 Å². The molecular weight excluding hydrogens is 439 g/mol. The van der Waals surface area contributed by atoms with Gasteiger partial charge < -0.3 is 20.4 Å². The highest BCUT2D eigenvalue weighted by atomic mass is 19.4. The Hall–Kier alpha value is -4.12. The maximum absolute atomic E-state index is 13.2. The minimum Gasteiger partial charge on any atom is -0.406 e. The van der Waals surface area contributed by atoms with Crippen LogP contribution < -0.4 is 26.9 Å². The number of benzene rings is 2. The Balaban J connectivity index is 1.88. The van der Waals surface area contributed by atoms with E-state index in [1.807, 2.05) is 0 Å². The van der Waals surface area contributed by atoms with Crippen LogP contribution in [-0.2, 0) is 13.6 Å². The van der Waals surface area contributed by atoms with Gasteiger partial charge in [0.15, 0.2) is 5.82 Å². The normalized spacial score (nSPS) is 11.5. The van der Waals surface area contributed by atoms with Crippen LogP contribution in [0.5, 0.6) is 5.75 Å². The summed E-state index contributed by atoms with van der Waals surface area (Å²) < 4.78 is 43.7. The van der Waals surface area contributed by atoms with Crippen molar-refractivity contribution >= 4 is 22.3 Å². The topological polar surface area (TPSA) is 104 Å². The molecule has 4 aromatic rings. The van der Waals surface area contributed by atoms with E-state index in [0.717, 1.165) is 16.8 Å². The van der Waals surface area contributed by atoms with E-state index in [2.05, 4.69) is 15.2 Å². The number of pyridine rings is 1. The largest absolute Gasteiger partial charge is 0.573 e. The molecule has 0 spiro atoms. The molecule has 0 radical (unpaired) electrons. The first-order valence-corrected chi connectivity index (χ1v) is 9.71. The molecule has 11 heteroatoms. The van der Waals surface area contributed by atoms with Gasteiger partial charge in [-0.25, -0.2) is 0 Å². The molecule has 0 amide bonds. The molecule has 0 aliphatic carbocycles. The van der Waals surface area contributed by atoms with Gasteiger partial charge in [0.1, 0.15) is 11.4 Å². The van der Waals surface area contributed by atoms with Crippen LogP contribution in [0.25, 0.3) is 16.5 Å². The van der Waals surface area contributed by atoms with Crippen molar-refractivity contribution in [3.63, 3.8) is 0 Å². The smallest absolute Gasteiger partial charge is 0.406 e. The van der Waals surface area contributed by atoms with Gasteiger partial charge in [-0.2, -0.15) is 4.68 Å². The number of ether oxygens (including phenoxy) is 1. The predicted molar refractivity (Wildman–Crippen MR) is 117 cm³/mol. The lowest BCUT2D eigenvalue weighted by Crippen LogP contribution is -2.24.